The molecule has 3 N–H and O–H groups in total. The molecular formula is C17H26N2O2. The summed E-state index contributed by atoms with van der Waals surface area (Å²) in [6.07, 6.45) is 4.20. The maximum atomic E-state index is 11.9. The lowest BCUT2D eigenvalue weighted by Gasteiger charge is -2.28. The number of nitrogens with one attached hydrogen (secondary N) is 2. The molecule has 0 spiro atoms. The molecule has 0 aromatic heterocycles. The van der Waals surface area contributed by atoms with Crippen LogP contribution in [0, 0.1) is 13.8 Å². The van der Waals surface area contributed by atoms with Gasteiger partial charge in [0.15, 0.2) is 0 Å². The summed E-state index contributed by atoms with van der Waals surface area (Å²) < 4.78 is 0. The van der Waals surface area contributed by atoms with Gasteiger partial charge in [0, 0.05) is 6.54 Å². The number of hydrogen-bond donors (Lipinski definition) is 3. The third-order valence-corrected chi connectivity index (χ3v) is 4.22. The zero-order chi connectivity index (χ0) is 15.2. The van der Waals surface area contributed by atoms with Crippen molar-refractivity contribution in [3.05, 3.63) is 34.9 Å². The first kappa shape index (κ1) is 15.8. The summed E-state index contributed by atoms with van der Waals surface area (Å²) in [7, 11) is 0. The van der Waals surface area contributed by atoms with E-state index in [4.69, 9.17) is 0 Å². The first-order chi connectivity index (χ1) is 10.1. The molecule has 2 rings (SSSR count). The molecule has 2 atom stereocenters. The molecule has 0 bridgehead atoms. The van der Waals surface area contributed by atoms with E-state index >= 15 is 0 Å². The van der Waals surface area contributed by atoms with E-state index in [2.05, 4.69) is 42.7 Å². The summed E-state index contributed by atoms with van der Waals surface area (Å²) in [6.45, 7) is 4.79. The van der Waals surface area contributed by atoms with Crippen molar-refractivity contribution < 1.29 is 9.90 Å². The van der Waals surface area contributed by atoms with Crippen LogP contribution in [-0.2, 0) is 6.42 Å². The zero-order valence-electron chi connectivity index (χ0n) is 13.0. The van der Waals surface area contributed by atoms with Gasteiger partial charge in [0.1, 0.15) is 0 Å². The molecule has 2 unspecified atom stereocenters. The molecule has 2 amide bonds. The van der Waals surface area contributed by atoms with Crippen LogP contribution in [0.25, 0.3) is 0 Å². The van der Waals surface area contributed by atoms with Crippen molar-refractivity contribution in [2.75, 3.05) is 6.54 Å². The highest BCUT2D eigenvalue weighted by molar-refractivity contribution is 5.74. The summed E-state index contributed by atoms with van der Waals surface area (Å²) in [5, 5.41) is 15.6. The number of carbonyl (C=O) groups excluding carboxylic acids is 1. The second-order valence-electron chi connectivity index (χ2n) is 6.04. The Labute approximate surface area is 126 Å². The molecule has 1 aromatic carbocycles. The fraction of sp³-hybridized carbons (Fsp3) is 0.588. The van der Waals surface area contributed by atoms with Crippen molar-refractivity contribution in [3.63, 3.8) is 0 Å². The Hall–Kier alpha value is -1.55. The molecule has 4 heteroatoms. The molecule has 1 saturated carbocycles. The Kier molecular flexibility index (Phi) is 5.62. The van der Waals surface area contributed by atoms with Gasteiger partial charge in [-0.1, -0.05) is 36.6 Å². The lowest BCUT2D eigenvalue weighted by Crippen LogP contribution is -2.49. The molecule has 0 heterocycles. The van der Waals surface area contributed by atoms with Crippen molar-refractivity contribution >= 4 is 6.03 Å². The van der Waals surface area contributed by atoms with Gasteiger partial charge in [-0.2, -0.15) is 0 Å². The third kappa shape index (κ3) is 4.74. The minimum absolute atomic E-state index is 0.0974. The normalized spacial score (nSPS) is 21.9. The molecular weight excluding hydrogens is 264 g/mol. The molecule has 1 fully saturated rings. The molecule has 0 aliphatic heterocycles. The van der Waals surface area contributed by atoms with E-state index in [-0.39, 0.29) is 12.1 Å². The topological polar surface area (TPSA) is 61.4 Å². The molecule has 0 saturated heterocycles. The summed E-state index contributed by atoms with van der Waals surface area (Å²) >= 11 is 0. The second-order valence-corrected chi connectivity index (χ2v) is 6.04. The lowest BCUT2D eigenvalue weighted by atomic mass is 9.93. The number of benzene rings is 1. The average Bonchev–Trinajstić information content (AvgIpc) is 2.44. The highest BCUT2D eigenvalue weighted by atomic mass is 16.3. The van der Waals surface area contributed by atoms with Crippen LogP contribution in [0.4, 0.5) is 4.79 Å². The van der Waals surface area contributed by atoms with Gasteiger partial charge in [-0.3, -0.25) is 0 Å². The number of aryl methyl sites for hydroxylation is 2. The number of hydrogen-bond acceptors (Lipinski definition) is 2. The Morgan fingerprint density at radius 3 is 2.76 bits per heavy atom. The van der Waals surface area contributed by atoms with Crippen LogP contribution < -0.4 is 10.6 Å². The summed E-state index contributed by atoms with van der Waals surface area (Å²) in [5.41, 5.74) is 3.78. The second kappa shape index (κ2) is 7.46. The smallest absolute Gasteiger partial charge is 0.315 e. The van der Waals surface area contributed by atoms with Crippen LogP contribution in [0.3, 0.4) is 0 Å². The number of carbonyl (C=O) groups is 1. The van der Waals surface area contributed by atoms with Gasteiger partial charge in [0.05, 0.1) is 12.1 Å². The van der Waals surface area contributed by atoms with E-state index in [9.17, 15) is 9.90 Å². The fourth-order valence-electron chi connectivity index (χ4n) is 2.94. The Balaban J connectivity index is 1.73. The number of urea groups is 1. The predicted molar refractivity (Wildman–Crippen MR) is 84.4 cm³/mol. The van der Waals surface area contributed by atoms with E-state index in [0.29, 0.717) is 6.54 Å². The van der Waals surface area contributed by atoms with E-state index in [1.165, 1.54) is 16.7 Å². The van der Waals surface area contributed by atoms with Gasteiger partial charge >= 0.3 is 6.03 Å². The molecule has 116 valence electrons. The summed E-state index contributed by atoms with van der Waals surface area (Å²) in [6, 6.07) is 6.11. The van der Waals surface area contributed by atoms with Crippen molar-refractivity contribution in [2.24, 2.45) is 0 Å². The highest BCUT2D eigenvalue weighted by Gasteiger charge is 2.24. The zero-order valence-corrected chi connectivity index (χ0v) is 13.0. The Bertz CT molecular complexity index is 488. The van der Waals surface area contributed by atoms with Gasteiger partial charge in [-0.25, -0.2) is 4.79 Å². The highest BCUT2D eigenvalue weighted by Crippen LogP contribution is 2.18. The first-order valence-corrected chi connectivity index (χ1v) is 7.85. The third-order valence-electron chi connectivity index (χ3n) is 4.22. The van der Waals surface area contributed by atoms with E-state index < -0.39 is 6.10 Å². The van der Waals surface area contributed by atoms with Crippen LogP contribution in [0.1, 0.15) is 42.4 Å². The number of amides is 2. The maximum absolute atomic E-state index is 11.9. The van der Waals surface area contributed by atoms with Gasteiger partial charge in [0.25, 0.3) is 0 Å². The number of aliphatic hydroxyl groups is 1. The minimum Gasteiger partial charge on any atom is -0.391 e. The van der Waals surface area contributed by atoms with Crippen LogP contribution >= 0.6 is 0 Å². The van der Waals surface area contributed by atoms with E-state index in [1.807, 2.05) is 0 Å². The molecule has 1 aliphatic rings. The van der Waals surface area contributed by atoms with Crippen LogP contribution in [0.5, 0.6) is 0 Å². The molecule has 21 heavy (non-hydrogen) atoms. The van der Waals surface area contributed by atoms with Crippen LogP contribution in [0.15, 0.2) is 18.2 Å². The fourth-order valence-corrected chi connectivity index (χ4v) is 2.94. The first-order valence-electron chi connectivity index (χ1n) is 7.85. The van der Waals surface area contributed by atoms with Crippen molar-refractivity contribution in [2.45, 2.75) is 58.1 Å². The molecule has 1 aromatic rings. The van der Waals surface area contributed by atoms with Crippen LogP contribution in [0.2, 0.25) is 0 Å². The van der Waals surface area contributed by atoms with Crippen molar-refractivity contribution in [3.8, 4) is 0 Å². The van der Waals surface area contributed by atoms with Gasteiger partial charge in [-0.15, -0.1) is 0 Å². The quantitative estimate of drug-likeness (QED) is 0.797. The summed E-state index contributed by atoms with van der Waals surface area (Å²) in [5.74, 6) is 0. The van der Waals surface area contributed by atoms with E-state index in [0.717, 1.165) is 32.1 Å². The molecule has 1 aliphatic carbocycles. The largest absolute Gasteiger partial charge is 0.391 e. The standard InChI is InChI=1S/C17H26N2O2/c1-12-7-8-14(13(2)11-12)9-10-18-17(21)19-15-5-3-4-6-16(15)20/h7-8,11,15-16,20H,3-6,9-10H2,1-2H3,(H2,18,19,21). The predicted octanol–water partition coefficient (Wildman–Crippen LogP) is 2.45. The SMILES string of the molecule is Cc1ccc(CCNC(=O)NC2CCCCC2O)c(C)c1. The monoisotopic (exact) mass is 290 g/mol. The van der Waals surface area contributed by atoms with Crippen molar-refractivity contribution in [1.82, 2.24) is 10.6 Å². The Morgan fingerprint density at radius 2 is 2.05 bits per heavy atom. The Morgan fingerprint density at radius 1 is 1.29 bits per heavy atom. The average molecular weight is 290 g/mol. The number of aliphatic hydroxyl groups excluding tert-OH is 1. The van der Waals surface area contributed by atoms with Crippen molar-refractivity contribution in [1.29, 1.82) is 0 Å². The number of rotatable bonds is 4. The van der Waals surface area contributed by atoms with Gasteiger partial charge in [-0.05, 0) is 44.2 Å². The van der Waals surface area contributed by atoms with Gasteiger partial charge in [0.2, 0.25) is 0 Å². The molecule has 4 nitrogen and oxygen atoms in total. The van der Waals surface area contributed by atoms with E-state index in [1.54, 1.807) is 0 Å². The summed E-state index contributed by atoms with van der Waals surface area (Å²) in [4.78, 5) is 11.9. The minimum atomic E-state index is -0.399. The maximum Gasteiger partial charge on any atom is 0.315 e. The lowest BCUT2D eigenvalue weighted by molar-refractivity contribution is 0.0943. The van der Waals surface area contributed by atoms with Gasteiger partial charge < -0.3 is 15.7 Å². The molecule has 0 radical (unpaired) electrons. The van der Waals surface area contributed by atoms with Crippen LogP contribution in [-0.4, -0.2) is 29.8 Å².